The van der Waals surface area contributed by atoms with Gasteiger partial charge in [0, 0.05) is 19.1 Å². The molecular weight excluding hydrogens is 260 g/mol. The maximum absolute atomic E-state index is 6.06. The predicted octanol–water partition coefficient (Wildman–Crippen LogP) is 3.51. The number of para-hydroxylation sites is 1. The van der Waals surface area contributed by atoms with Crippen LogP contribution < -0.4 is 0 Å². The van der Waals surface area contributed by atoms with E-state index in [4.69, 9.17) is 16.3 Å². The van der Waals surface area contributed by atoms with Gasteiger partial charge in [0.2, 0.25) is 0 Å². The molecule has 1 fully saturated rings. The van der Waals surface area contributed by atoms with E-state index in [0.29, 0.717) is 17.9 Å². The van der Waals surface area contributed by atoms with Crippen LogP contribution in [-0.4, -0.2) is 22.3 Å². The van der Waals surface area contributed by atoms with E-state index in [9.17, 15) is 0 Å². The van der Waals surface area contributed by atoms with Gasteiger partial charge in [-0.05, 0) is 31.9 Å². The number of aryl methyl sites for hydroxylation is 1. The van der Waals surface area contributed by atoms with Crippen molar-refractivity contribution in [2.45, 2.75) is 38.8 Å². The summed E-state index contributed by atoms with van der Waals surface area (Å²) in [5.74, 6) is 1.97. The summed E-state index contributed by atoms with van der Waals surface area (Å²) in [6, 6.07) is 6.24. The minimum atomic E-state index is 0.324. The number of ether oxygens (including phenoxy) is 1. The number of nitrogens with zero attached hydrogens (tertiary/aromatic N) is 2. The monoisotopic (exact) mass is 278 g/mol. The summed E-state index contributed by atoms with van der Waals surface area (Å²) in [4.78, 5) is 4.65. The quantitative estimate of drug-likeness (QED) is 0.804. The molecule has 0 bridgehead atoms. The van der Waals surface area contributed by atoms with Gasteiger partial charge in [-0.3, -0.25) is 0 Å². The van der Waals surface area contributed by atoms with Crippen molar-refractivity contribution >= 4 is 22.6 Å². The highest BCUT2D eigenvalue weighted by molar-refractivity contribution is 6.16. The van der Waals surface area contributed by atoms with Crippen molar-refractivity contribution in [1.82, 2.24) is 9.55 Å². The first kappa shape index (κ1) is 12.9. The lowest BCUT2D eigenvalue weighted by Crippen LogP contribution is -2.19. The number of hydrogen-bond acceptors (Lipinski definition) is 2. The first-order chi connectivity index (χ1) is 9.20. The smallest absolute Gasteiger partial charge is 0.124 e. The third kappa shape index (κ3) is 2.26. The predicted molar refractivity (Wildman–Crippen MR) is 77.5 cm³/mol. The molecule has 1 aromatic heterocycles. The van der Waals surface area contributed by atoms with Gasteiger partial charge >= 0.3 is 0 Å². The second kappa shape index (κ2) is 5.14. The number of hydrogen-bond donors (Lipinski definition) is 0. The number of fused-ring (bicyclic) bond motifs is 1. The van der Waals surface area contributed by atoms with Crippen LogP contribution in [0.4, 0.5) is 0 Å². The van der Waals surface area contributed by atoms with E-state index in [1.807, 2.05) is 6.07 Å². The summed E-state index contributed by atoms with van der Waals surface area (Å²) >= 11 is 6.06. The van der Waals surface area contributed by atoms with Gasteiger partial charge in [0.15, 0.2) is 0 Å². The van der Waals surface area contributed by atoms with Crippen LogP contribution in [0, 0.1) is 12.8 Å². The normalized spacial score (nSPS) is 23.3. The molecule has 1 aromatic carbocycles. The molecule has 0 spiro atoms. The number of imidazole rings is 1. The van der Waals surface area contributed by atoms with Crippen molar-refractivity contribution in [3.05, 3.63) is 29.6 Å². The van der Waals surface area contributed by atoms with Crippen LogP contribution in [0.15, 0.2) is 18.2 Å². The van der Waals surface area contributed by atoms with E-state index < -0.39 is 0 Å². The van der Waals surface area contributed by atoms with Gasteiger partial charge in [-0.15, -0.1) is 11.6 Å². The highest BCUT2D eigenvalue weighted by Gasteiger charge is 2.26. The summed E-state index contributed by atoms with van der Waals surface area (Å²) in [7, 11) is 0. The maximum Gasteiger partial charge on any atom is 0.124 e. The topological polar surface area (TPSA) is 27.1 Å². The molecular formula is C15H19ClN2O. The fourth-order valence-corrected chi connectivity index (χ4v) is 3.17. The Morgan fingerprint density at radius 1 is 1.47 bits per heavy atom. The number of aromatic nitrogens is 2. The second-order valence-electron chi connectivity index (χ2n) is 5.34. The van der Waals surface area contributed by atoms with Crippen molar-refractivity contribution in [2.75, 3.05) is 6.61 Å². The van der Waals surface area contributed by atoms with Crippen molar-refractivity contribution in [3.8, 4) is 0 Å². The molecule has 2 heterocycles. The van der Waals surface area contributed by atoms with Crippen molar-refractivity contribution in [1.29, 1.82) is 0 Å². The molecule has 1 aliphatic heterocycles. The number of benzene rings is 1. The Hall–Kier alpha value is -1.06. The zero-order valence-corrected chi connectivity index (χ0v) is 12.2. The Labute approximate surface area is 118 Å². The minimum Gasteiger partial charge on any atom is -0.378 e. The van der Waals surface area contributed by atoms with E-state index in [-0.39, 0.29) is 0 Å². The SMILES string of the molecule is Cc1cccc2nc(CCl)n(CC3CCOC3C)c12. The number of halogens is 1. The lowest BCUT2D eigenvalue weighted by Gasteiger charge is -2.17. The van der Waals surface area contributed by atoms with Gasteiger partial charge in [0.05, 0.1) is 23.0 Å². The van der Waals surface area contributed by atoms with Crippen LogP contribution in [0.3, 0.4) is 0 Å². The van der Waals surface area contributed by atoms with Crippen molar-refractivity contribution < 1.29 is 4.74 Å². The Balaban J connectivity index is 2.05. The average molecular weight is 279 g/mol. The number of alkyl halides is 1. The Morgan fingerprint density at radius 3 is 3.00 bits per heavy atom. The molecule has 3 rings (SSSR count). The van der Waals surface area contributed by atoms with Crippen LogP contribution in [-0.2, 0) is 17.2 Å². The van der Waals surface area contributed by atoms with E-state index >= 15 is 0 Å². The molecule has 1 saturated heterocycles. The molecule has 102 valence electrons. The molecule has 2 unspecified atom stereocenters. The molecule has 0 N–H and O–H groups in total. The van der Waals surface area contributed by atoms with E-state index in [1.165, 1.54) is 11.1 Å². The molecule has 2 atom stereocenters. The highest BCUT2D eigenvalue weighted by Crippen LogP contribution is 2.27. The summed E-state index contributed by atoms with van der Waals surface area (Å²) < 4.78 is 7.95. The van der Waals surface area contributed by atoms with E-state index in [1.54, 1.807) is 0 Å². The lowest BCUT2D eigenvalue weighted by atomic mass is 10.0. The first-order valence-electron chi connectivity index (χ1n) is 6.83. The van der Waals surface area contributed by atoms with Gasteiger partial charge in [0.1, 0.15) is 5.82 Å². The third-order valence-electron chi connectivity index (χ3n) is 4.12. The van der Waals surface area contributed by atoms with Crippen molar-refractivity contribution in [3.63, 3.8) is 0 Å². The largest absolute Gasteiger partial charge is 0.378 e. The van der Waals surface area contributed by atoms with Gasteiger partial charge in [0.25, 0.3) is 0 Å². The summed E-state index contributed by atoms with van der Waals surface area (Å²) in [6.07, 6.45) is 1.44. The molecule has 19 heavy (non-hydrogen) atoms. The zero-order chi connectivity index (χ0) is 13.4. The highest BCUT2D eigenvalue weighted by atomic mass is 35.5. The molecule has 4 heteroatoms. The average Bonchev–Trinajstić information content (AvgIpc) is 2.96. The van der Waals surface area contributed by atoms with E-state index in [0.717, 1.165) is 30.9 Å². The molecule has 1 aliphatic rings. The first-order valence-corrected chi connectivity index (χ1v) is 7.36. The molecule has 0 amide bonds. The second-order valence-corrected chi connectivity index (χ2v) is 5.61. The van der Waals surface area contributed by atoms with Gasteiger partial charge < -0.3 is 9.30 Å². The van der Waals surface area contributed by atoms with Crippen LogP contribution in [0.25, 0.3) is 11.0 Å². The standard InChI is InChI=1S/C15H19ClN2O/c1-10-4-3-5-13-15(10)18(14(8-16)17-13)9-12-6-7-19-11(12)2/h3-5,11-12H,6-9H2,1-2H3. The van der Waals surface area contributed by atoms with Gasteiger partial charge in [-0.25, -0.2) is 4.98 Å². The molecule has 3 nitrogen and oxygen atoms in total. The van der Waals surface area contributed by atoms with Gasteiger partial charge in [-0.2, -0.15) is 0 Å². The maximum atomic E-state index is 6.06. The van der Waals surface area contributed by atoms with Gasteiger partial charge in [-0.1, -0.05) is 12.1 Å². The molecule has 0 aliphatic carbocycles. The Bertz CT molecular complexity index is 593. The Morgan fingerprint density at radius 2 is 2.32 bits per heavy atom. The summed E-state index contributed by atoms with van der Waals surface area (Å²) in [6.45, 7) is 6.11. The van der Waals surface area contributed by atoms with Crippen molar-refractivity contribution in [2.24, 2.45) is 5.92 Å². The summed E-state index contributed by atoms with van der Waals surface area (Å²) in [5.41, 5.74) is 3.52. The number of rotatable bonds is 3. The molecule has 0 saturated carbocycles. The minimum absolute atomic E-state index is 0.324. The Kier molecular flexibility index (Phi) is 3.50. The van der Waals surface area contributed by atoms with E-state index in [2.05, 4.69) is 35.5 Å². The molecule has 0 radical (unpaired) electrons. The third-order valence-corrected chi connectivity index (χ3v) is 4.36. The zero-order valence-electron chi connectivity index (χ0n) is 11.4. The molecule has 2 aromatic rings. The van der Waals surface area contributed by atoms with Crippen LogP contribution in [0.1, 0.15) is 24.7 Å². The van der Waals surface area contributed by atoms with Crippen LogP contribution in [0.5, 0.6) is 0 Å². The summed E-state index contributed by atoms with van der Waals surface area (Å²) in [5, 5.41) is 0. The van der Waals surface area contributed by atoms with Crippen LogP contribution >= 0.6 is 11.6 Å². The van der Waals surface area contributed by atoms with Crippen LogP contribution in [0.2, 0.25) is 0 Å². The fourth-order valence-electron chi connectivity index (χ4n) is 2.96. The fraction of sp³-hybridized carbons (Fsp3) is 0.533. The lowest BCUT2D eigenvalue weighted by molar-refractivity contribution is 0.102.